The maximum Gasteiger partial charge on any atom is 0.377 e. The van der Waals surface area contributed by atoms with Crippen LogP contribution in [0.25, 0.3) is 10.1 Å². The predicted octanol–water partition coefficient (Wildman–Crippen LogP) is 1.88. The van der Waals surface area contributed by atoms with Gasteiger partial charge in [0.2, 0.25) is 0 Å². The number of rotatable bonds is 2. The minimum absolute atomic E-state index is 0.287. The summed E-state index contributed by atoms with van der Waals surface area (Å²) in [6.07, 6.45) is 0. The second kappa shape index (κ2) is 4.86. The normalized spacial score (nSPS) is 11.6. The number of nitrogens with zero attached hydrogens (tertiary/aromatic N) is 1. The van der Waals surface area contributed by atoms with Crippen molar-refractivity contribution < 1.29 is 24.2 Å². The first-order chi connectivity index (χ1) is 9.25. The van der Waals surface area contributed by atoms with E-state index in [1.54, 1.807) is 18.2 Å². The highest BCUT2D eigenvalue weighted by atomic mass is 32.1. The molecule has 2 aromatic rings. The van der Waals surface area contributed by atoms with Crippen LogP contribution in [0.3, 0.4) is 0 Å². The molecule has 0 unspecified atom stereocenters. The van der Waals surface area contributed by atoms with Gasteiger partial charge in [-0.25, -0.2) is 14.8 Å². The molecule has 6 nitrogen and oxygen atoms in total. The summed E-state index contributed by atoms with van der Waals surface area (Å²) >= 11 is 1.21. The van der Waals surface area contributed by atoms with Gasteiger partial charge >= 0.3 is 11.9 Å². The highest BCUT2D eigenvalue weighted by Crippen LogP contribution is 2.34. The van der Waals surface area contributed by atoms with Crippen LogP contribution >= 0.6 is 11.3 Å². The lowest BCUT2D eigenvalue weighted by atomic mass is 10.1. The quantitative estimate of drug-likeness (QED) is 0.382. The van der Waals surface area contributed by atoms with Gasteiger partial charge in [-0.05, 0) is 18.2 Å². The van der Waals surface area contributed by atoms with Crippen LogP contribution in [0.15, 0.2) is 18.2 Å². The van der Waals surface area contributed by atoms with E-state index in [1.807, 2.05) is 0 Å². The molecule has 7 heteroatoms. The molecule has 2 rings (SSSR count). The Balaban J connectivity index is 2.58. The van der Waals surface area contributed by atoms with Crippen molar-refractivity contribution in [2.45, 2.75) is 0 Å². The van der Waals surface area contributed by atoms with Gasteiger partial charge < -0.3 is 10.5 Å². The summed E-state index contributed by atoms with van der Waals surface area (Å²) in [5, 5.41) is 10.3. The number of fused-ring (bicyclic) bond motifs is 1. The number of benzene rings is 1. The lowest BCUT2D eigenvalue weighted by molar-refractivity contribution is -1.00. The van der Waals surface area contributed by atoms with Crippen molar-refractivity contribution in [2.75, 3.05) is 26.9 Å². The van der Waals surface area contributed by atoms with Crippen molar-refractivity contribution in [3.63, 3.8) is 0 Å². The molecule has 1 aromatic heterocycles. The average Bonchev–Trinajstić information content (AvgIpc) is 2.73. The van der Waals surface area contributed by atoms with E-state index in [4.69, 9.17) is 5.73 Å². The van der Waals surface area contributed by atoms with Crippen LogP contribution in [0.2, 0.25) is 0 Å². The van der Waals surface area contributed by atoms with Crippen molar-refractivity contribution in [3.8, 4) is 0 Å². The molecule has 0 fully saturated rings. The van der Waals surface area contributed by atoms with E-state index in [0.29, 0.717) is 15.8 Å². The minimum Gasteiger partial charge on any atom is -0.465 e. The Hall–Kier alpha value is -1.96. The fourth-order valence-corrected chi connectivity index (χ4v) is 2.83. The Morgan fingerprint density at radius 3 is 2.55 bits per heavy atom. The third kappa shape index (κ3) is 2.38. The standard InChI is InChI=1S/C13H14N2O4S/c1-15(2,18)12(16)7-4-5-9-8(6-7)10(14)11(20-9)13(17)19-3/h4-6,18H,1-3H3,(H-,14,17)/p+1. The molecule has 0 saturated carbocycles. The third-order valence-electron chi connectivity index (χ3n) is 2.84. The molecule has 1 amide bonds. The van der Waals surface area contributed by atoms with Gasteiger partial charge in [-0.15, -0.1) is 16.0 Å². The predicted molar refractivity (Wildman–Crippen MR) is 75.8 cm³/mol. The van der Waals surface area contributed by atoms with Crippen LogP contribution in [-0.2, 0) is 4.74 Å². The van der Waals surface area contributed by atoms with Crippen molar-refractivity contribution in [2.24, 2.45) is 0 Å². The van der Waals surface area contributed by atoms with E-state index in [9.17, 15) is 14.8 Å². The number of nitrogen functional groups attached to an aromatic ring is 1. The summed E-state index contributed by atoms with van der Waals surface area (Å²) in [6, 6.07) is 4.87. The molecule has 1 aromatic carbocycles. The molecule has 0 spiro atoms. The Morgan fingerprint density at radius 1 is 1.35 bits per heavy atom. The summed E-state index contributed by atoms with van der Waals surface area (Å²) < 4.78 is 4.63. The first-order valence-electron chi connectivity index (χ1n) is 5.77. The summed E-state index contributed by atoms with van der Waals surface area (Å²) in [7, 11) is 4.01. The number of hydroxylamine groups is 3. The monoisotopic (exact) mass is 295 g/mol. The Morgan fingerprint density at radius 2 is 2.00 bits per heavy atom. The number of carbonyl (C=O) groups excluding carboxylic acids is 2. The zero-order valence-corrected chi connectivity index (χ0v) is 12.2. The second-order valence-electron chi connectivity index (χ2n) is 4.75. The molecule has 0 aliphatic rings. The summed E-state index contributed by atoms with van der Waals surface area (Å²) in [6.45, 7) is 0. The maximum atomic E-state index is 12.0. The summed E-state index contributed by atoms with van der Waals surface area (Å²) in [5.41, 5.74) is 6.54. The van der Waals surface area contributed by atoms with Crippen molar-refractivity contribution in [1.82, 2.24) is 0 Å². The molecular formula is C13H15N2O4S+. The number of hydrogen-bond acceptors (Lipinski definition) is 6. The Bertz CT molecular complexity index is 700. The SMILES string of the molecule is COC(=O)c1sc2ccc(C(=O)[N+](C)(C)O)cc2c1N. The third-order valence-corrected chi connectivity index (χ3v) is 4.01. The number of ether oxygens (including phenoxy) is 1. The van der Waals surface area contributed by atoms with Crippen LogP contribution in [0, 0.1) is 0 Å². The zero-order chi connectivity index (χ0) is 15.1. The molecule has 0 aliphatic heterocycles. The number of nitrogens with two attached hydrogens (primary N) is 1. The van der Waals surface area contributed by atoms with Crippen molar-refractivity contribution in [3.05, 3.63) is 28.6 Å². The average molecular weight is 295 g/mol. The number of quaternary nitrogens is 1. The van der Waals surface area contributed by atoms with E-state index in [1.165, 1.54) is 32.5 Å². The fourth-order valence-electron chi connectivity index (χ4n) is 1.81. The van der Waals surface area contributed by atoms with Gasteiger partial charge in [0, 0.05) is 10.1 Å². The number of thiophene rings is 1. The molecule has 20 heavy (non-hydrogen) atoms. The van der Waals surface area contributed by atoms with Gasteiger partial charge in [0.15, 0.2) is 0 Å². The first kappa shape index (κ1) is 14.4. The molecule has 0 radical (unpaired) electrons. The lowest BCUT2D eigenvalue weighted by Gasteiger charge is -2.16. The van der Waals surface area contributed by atoms with Gasteiger partial charge in [0.25, 0.3) is 0 Å². The van der Waals surface area contributed by atoms with Crippen molar-refractivity contribution in [1.29, 1.82) is 0 Å². The van der Waals surface area contributed by atoms with E-state index in [2.05, 4.69) is 4.74 Å². The van der Waals surface area contributed by atoms with E-state index < -0.39 is 16.5 Å². The fraction of sp³-hybridized carbons (Fsp3) is 0.231. The van der Waals surface area contributed by atoms with Gasteiger partial charge in [0.05, 0.1) is 18.4 Å². The number of amides is 1. The molecule has 0 aliphatic carbocycles. The first-order valence-corrected chi connectivity index (χ1v) is 6.59. The minimum atomic E-state index is -0.806. The molecule has 1 heterocycles. The largest absolute Gasteiger partial charge is 0.465 e. The topological polar surface area (TPSA) is 89.6 Å². The molecule has 106 valence electrons. The van der Waals surface area contributed by atoms with Crippen LogP contribution in [0.5, 0.6) is 0 Å². The number of hydrogen-bond donors (Lipinski definition) is 2. The summed E-state index contributed by atoms with van der Waals surface area (Å²) in [5.74, 6) is -0.966. The molecular weight excluding hydrogens is 280 g/mol. The molecule has 0 saturated heterocycles. The maximum absolute atomic E-state index is 12.0. The van der Waals surface area contributed by atoms with E-state index >= 15 is 0 Å². The van der Waals surface area contributed by atoms with Crippen LogP contribution in [-0.4, -0.2) is 42.9 Å². The van der Waals surface area contributed by atoms with Gasteiger partial charge in [-0.1, -0.05) is 0 Å². The van der Waals surface area contributed by atoms with E-state index in [-0.39, 0.29) is 5.69 Å². The van der Waals surface area contributed by atoms with Crippen LogP contribution < -0.4 is 5.73 Å². The number of carbonyl (C=O) groups is 2. The van der Waals surface area contributed by atoms with Crippen LogP contribution in [0.4, 0.5) is 5.69 Å². The second-order valence-corrected chi connectivity index (χ2v) is 5.80. The van der Waals surface area contributed by atoms with Gasteiger partial charge in [0.1, 0.15) is 19.0 Å². The highest BCUT2D eigenvalue weighted by Gasteiger charge is 2.27. The van der Waals surface area contributed by atoms with Crippen molar-refractivity contribution >= 4 is 39.0 Å². The van der Waals surface area contributed by atoms with Gasteiger partial charge in [-0.3, -0.25) is 0 Å². The highest BCUT2D eigenvalue weighted by molar-refractivity contribution is 7.21. The number of methoxy groups -OCH3 is 1. The lowest BCUT2D eigenvalue weighted by Crippen LogP contribution is -2.41. The smallest absolute Gasteiger partial charge is 0.377 e. The van der Waals surface area contributed by atoms with E-state index in [0.717, 1.165) is 4.70 Å². The summed E-state index contributed by atoms with van der Waals surface area (Å²) in [4.78, 5) is 23.9. The van der Waals surface area contributed by atoms with Crippen LogP contribution in [0.1, 0.15) is 20.0 Å². The Labute approximate surface area is 119 Å². The van der Waals surface area contributed by atoms with Gasteiger partial charge in [-0.2, -0.15) is 0 Å². The molecule has 3 N–H and O–H groups in total. The zero-order valence-electron chi connectivity index (χ0n) is 11.3. The number of esters is 1. The molecule has 0 bridgehead atoms. The molecule has 0 atom stereocenters. The number of anilines is 1. The Kier molecular flexibility index (Phi) is 3.51.